The van der Waals surface area contributed by atoms with E-state index in [-0.39, 0.29) is 0 Å². The Kier molecular flexibility index (Phi) is 5.48. The third kappa shape index (κ3) is 4.72. The van der Waals surface area contributed by atoms with Crippen molar-refractivity contribution in [3.63, 3.8) is 0 Å². The highest BCUT2D eigenvalue weighted by Crippen LogP contribution is 2.15. The summed E-state index contributed by atoms with van der Waals surface area (Å²) in [7, 11) is 0. The number of amidine groups is 1. The third-order valence-electron chi connectivity index (χ3n) is 1.90. The van der Waals surface area contributed by atoms with E-state index in [1.54, 1.807) is 30.5 Å². The summed E-state index contributed by atoms with van der Waals surface area (Å²) in [6.45, 7) is 0. The summed E-state index contributed by atoms with van der Waals surface area (Å²) >= 11 is 1.33. The average molecular weight is 261 g/mol. The fraction of sp³-hybridized carbons (Fsp3) is 0.0833. The summed E-state index contributed by atoms with van der Waals surface area (Å²) in [5.41, 5.74) is 1.46. The average Bonchev–Trinajstić information content (AvgIpc) is 2.37. The molecule has 92 valence electrons. The third-order valence-corrected chi connectivity index (χ3v) is 2.48. The predicted octanol–water partition coefficient (Wildman–Crippen LogP) is 2.21. The molecule has 0 aliphatic rings. The summed E-state index contributed by atoms with van der Waals surface area (Å²) in [5, 5.41) is 19.9. The van der Waals surface area contributed by atoms with Gasteiger partial charge in [0.25, 0.3) is 0 Å². The zero-order valence-electron chi connectivity index (χ0n) is 9.62. The van der Waals surface area contributed by atoms with Gasteiger partial charge in [0.2, 0.25) is 0 Å². The topological polar surface area (TPSA) is 85.5 Å². The zero-order chi connectivity index (χ0) is 13.4. The van der Waals surface area contributed by atoms with E-state index in [1.165, 1.54) is 17.8 Å². The Morgan fingerprint density at radius 2 is 2.17 bits per heavy atom. The van der Waals surface area contributed by atoms with Gasteiger partial charge < -0.3 is 5.11 Å². The first kappa shape index (κ1) is 13.8. The van der Waals surface area contributed by atoms with Crippen LogP contribution in [0, 0.1) is 11.5 Å². The number of benzene rings is 1. The van der Waals surface area contributed by atoms with E-state index in [9.17, 15) is 4.79 Å². The zero-order valence-corrected chi connectivity index (χ0v) is 10.4. The van der Waals surface area contributed by atoms with Crippen molar-refractivity contribution in [1.29, 1.82) is 5.26 Å². The number of aliphatic imine (C=N–C) groups is 1. The van der Waals surface area contributed by atoms with Gasteiger partial charge in [-0.3, -0.25) is 5.32 Å². The van der Waals surface area contributed by atoms with Gasteiger partial charge >= 0.3 is 5.97 Å². The number of nitrogens with zero attached hydrogens (tertiary/aromatic N) is 2. The molecular weight excluding hydrogens is 250 g/mol. The number of hydrogen-bond acceptors (Lipinski definition) is 4. The number of nitrogens with one attached hydrogen (secondary N) is 1. The maximum absolute atomic E-state index is 10.3. The molecule has 0 atom stereocenters. The SMILES string of the molecule is CSC(=Nc1ccc(C=CC(=O)O)cc1)NC#N. The summed E-state index contributed by atoms with van der Waals surface area (Å²) < 4.78 is 0. The van der Waals surface area contributed by atoms with Crippen LogP contribution in [0.3, 0.4) is 0 Å². The van der Waals surface area contributed by atoms with Gasteiger partial charge in [0.05, 0.1) is 5.69 Å². The lowest BCUT2D eigenvalue weighted by molar-refractivity contribution is -0.131. The second kappa shape index (κ2) is 7.14. The number of thioether (sulfide) groups is 1. The fourth-order valence-corrected chi connectivity index (χ4v) is 1.46. The van der Waals surface area contributed by atoms with Crippen molar-refractivity contribution in [2.24, 2.45) is 4.99 Å². The lowest BCUT2D eigenvalue weighted by Crippen LogP contribution is -2.12. The number of rotatable bonds is 3. The van der Waals surface area contributed by atoms with Crippen molar-refractivity contribution >= 4 is 34.7 Å². The number of aliphatic carboxylic acids is 1. The number of nitriles is 1. The Bertz CT molecular complexity index is 515. The van der Waals surface area contributed by atoms with Gasteiger partial charge in [0.15, 0.2) is 11.4 Å². The van der Waals surface area contributed by atoms with Crippen LogP contribution < -0.4 is 5.32 Å². The van der Waals surface area contributed by atoms with Crippen molar-refractivity contribution in [2.45, 2.75) is 0 Å². The molecule has 0 aliphatic carbocycles. The monoisotopic (exact) mass is 261 g/mol. The normalized spacial score (nSPS) is 11.2. The van der Waals surface area contributed by atoms with Crippen LogP contribution in [0.2, 0.25) is 0 Å². The first-order chi connectivity index (χ1) is 8.65. The molecule has 0 aliphatic heterocycles. The first-order valence-electron chi connectivity index (χ1n) is 4.94. The maximum atomic E-state index is 10.3. The van der Waals surface area contributed by atoms with Crippen LogP contribution >= 0.6 is 11.8 Å². The highest BCUT2D eigenvalue weighted by Gasteiger charge is 1.96. The molecular formula is C12H11N3O2S. The van der Waals surface area contributed by atoms with Gasteiger partial charge in [0, 0.05) is 6.08 Å². The van der Waals surface area contributed by atoms with Gasteiger partial charge in [-0.05, 0) is 30.0 Å². The molecule has 0 radical (unpaired) electrons. The van der Waals surface area contributed by atoms with Crippen LogP contribution in [0.15, 0.2) is 35.3 Å². The highest BCUT2D eigenvalue weighted by atomic mass is 32.2. The molecule has 0 fully saturated rings. The van der Waals surface area contributed by atoms with Crippen molar-refractivity contribution in [1.82, 2.24) is 5.32 Å². The molecule has 6 heteroatoms. The molecule has 0 bridgehead atoms. The van der Waals surface area contributed by atoms with Gasteiger partial charge in [-0.25, -0.2) is 9.79 Å². The molecule has 5 nitrogen and oxygen atoms in total. The molecule has 0 unspecified atom stereocenters. The van der Waals surface area contributed by atoms with Gasteiger partial charge in [-0.1, -0.05) is 23.9 Å². The predicted molar refractivity (Wildman–Crippen MR) is 72.5 cm³/mol. The van der Waals surface area contributed by atoms with Gasteiger partial charge in [0.1, 0.15) is 0 Å². The van der Waals surface area contributed by atoms with Crippen LogP contribution in [0.5, 0.6) is 0 Å². The molecule has 1 aromatic carbocycles. The quantitative estimate of drug-likeness (QED) is 0.286. The Labute approximate surface area is 109 Å². The van der Waals surface area contributed by atoms with E-state index in [0.717, 1.165) is 11.6 Å². The van der Waals surface area contributed by atoms with Crippen molar-refractivity contribution in [3.05, 3.63) is 35.9 Å². The largest absolute Gasteiger partial charge is 0.478 e. The second-order valence-corrected chi connectivity index (χ2v) is 3.92. The standard InChI is InChI=1S/C12H11N3O2S/c1-18-12(14-8-13)15-10-5-2-9(3-6-10)4-7-11(16)17/h2-7H,1H3,(H,14,15)(H,16,17). The summed E-state index contributed by atoms with van der Waals surface area (Å²) in [6.07, 6.45) is 6.19. The molecule has 1 rings (SSSR count). The summed E-state index contributed by atoms with van der Waals surface area (Å²) in [6, 6.07) is 7.00. The summed E-state index contributed by atoms with van der Waals surface area (Å²) in [5.74, 6) is -0.986. The van der Waals surface area contributed by atoms with Crippen LogP contribution in [0.4, 0.5) is 5.69 Å². The Morgan fingerprint density at radius 3 is 2.67 bits per heavy atom. The second-order valence-electron chi connectivity index (χ2n) is 3.12. The minimum Gasteiger partial charge on any atom is -0.478 e. The molecule has 1 aromatic rings. The molecule has 2 N–H and O–H groups in total. The van der Waals surface area contributed by atoms with Crippen LogP contribution in [-0.2, 0) is 4.79 Å². The van der Waals surface area contributed by atoms with E-state index in [2.05, 4.69) is 10.3 Å². The number of carboxylic acids is 1. The lowest BCUT2D eigenvalue weighted by atomic mass is 10.2. The Balaban J connectivity index is 2.83. The fourth-order valence-electron chi connectivity index (χ4n) is 1.12. The molecule has 0 heterocycles. The van der Waals surface area contributed by atoms with Crippen molar-refractivity contribution < 1.29 is 9.90 Å². The van der Waals surface area contributed by atoms with E-state index in [1.807, 2.05) is 6.26 Å². The van der Waals surface area contributed by atoms with Crippen LogP contribution in [0.25, 0.3) is 6.08 Å². The minimum atomic E-state index is -0.986. The van der Waals surface area contributed by atoms with Gasteiger partial charge in [-0.2, -0.15) is 5.26 Å². The van der Waals surface area contributed by atoms with Crippen molar-refractivity contribution in [2.75, 3.05) is 6.26 Å². The Morgan fingerprint density at radius 1 is 1.50 bits per heavy atom. The van der Waals surface area contributed by atoms with Gasteiger partial charge in [-0.15, -0.1) is 0 Å². The number of hydrogen-bond donors (Lipinski definition) is 2. The van der Waals surface area contributed by atoms with E-state index in [0.29, 0.717) is 10.9 Å². The van der Waals surface area contributed by atoms with E-state index >= 15 is 0 Å². The minimum absolute atomic E-state index is 0.506. The molecule has 18 heavy (non-hydrogen) atoms. The van der Waals surface area contributed by atoms with E-state index < -0.39 is 5.97 Å². The smallest absolute Gasteiger partial charge is 0.328 e. The summed E-state index contributed by atoms with van der Waals surface area (Å²) in [4.78, 5) is 14.6. The molecule has 0 saturated carbocycles. The molecule has 0 saturated heterocycles. The highest BCUT2D eigenvalue weighted by molar-refractivity contribution is 8.13. The maximum Gasteiger partial charge on any atom is 0.328 e. The molecule has 0 amide bonds. The molecule has 0 spiro atoms. The van der Waals surface area contributed by atoms with Crippen LogP contribution in [-0.4, -0.2) is 22.5 Å². The number of carbonyl (C=O) groups is 1. The Hall–Kier alpha value is -2.26. The van der Waals surface area contributed by atoms with Crippen molar-refractivity contribution in [3.8, 4) is 6.19 Å². The van der Waals surface area contributed by atoms with Crippen LogP contribution in [0.1, 0.15) is 5.56 Å². The number of carboxylic acid groups (broad SMARTS) is 1. The first-order valence-corrected chi connectivity index (χ1v) is 6.17. The molecule has 0 aromatic heterocycles. The van der Waals surface area contributed by atoms with E-state index in [4.69, 9.17) is 10.4 Å². The lowest BCUT2D eigenvalue weighted by Gasteiger charge is -2.00.